The van der Waals surface area contributed by atoms with Crippen molar-refractivity contribution in [2.75, 3.05) is 0 Å². The average Bonchev–Trinajstić information content (AvgIpc) is 2.75. The van der Waals surface area contributed by atoms with Gasteiger partial charge in [-0.05, 0) is 26.8 Å². The summed E-state index contributed by atoms with van der Waals surface area (Å²) in [6.45, 7) is 0. The van der Waals surface area contributed by atoms with E-state index in [1.54, 1.807) is 4.68 Å². The number of H-pyrrole nitrogens is 1. The van der Waals surface area contributed by atoms with Gasteiger partial charge in [0, 0.05) is 12.1 Å². The van der Waals surface area contributed by atoms with Gasteiger partial charge in [0.2, 0.25) is 5.69 Å². The zero-order valence-electron chi connectivity index (χ0n) is 8.38. The molecule has 78 valence electrons. The molecule has 0 radical (unpaired) electrons. The summed E-state index contributed by atoms with van der Waals surface area (Å²) in [7, 11) is 0. The van der Waals surface area contributed by atoms with E-state index in [-0.39, 0.29) is 0 Å². The van der Waals surface area contributed by atoms with Crippen LogP contribution in [0, 0.1) is 0 Å². The van der Waals surface area contributed by atoms with Crippen LogP contribution in [0.25, 0.3) is 16.5 Å². The van der Waals surface area contributed by atoms with E-state index < -0.39 is 5.63 Å². The number of aromatic nitrogens is 2. The Morgan fingerprint density at radius 1 is 1.06 bits per heavy atom. The van der Waals surface area contributed by atoms with Crippen molar-refractivity contribution in [2.45, 2.75) is 0 Å². The third kappa shape index (κ3) is 1.40. The Hall–Kier alpha value is -2.36. The highest BCUT2D eigenvalue weighted by molar-refractivity contribution is 5.83. The first-order valence-electron chi connectivity index (χ1n) is 4.92. The van der Waals surface area contributed by atoms with E-state index in [2.05, 4.69) is 9.79 Å². The molecule has 0 spiro atoms. The highest BCUT2D eigenvalue weighted by Crippen LogP contribution is 2.14. The fraction of sp³-hybridized carbons (Fsp3) is 0. The maximum absolute atomic E-state index is 10.9. The van der Waals surface area contributed by atoms with Gasteiger partial charge in [-0.2, -0.15) is 0 Å². The summed E-state index contributed by atoms with van der Waals surface area (Å²) in [6.07, 6.45) is 1.37. The van der Waals surface area contributed by atoms with E-state index in [1.165, 1.54) is 6.20 Å². The van der Waals surface area contributed by atoms with Gasteiger partial charge in [0.1, 0.15) is 0 Å². The number of nitrogens with one attached hydrogen (secondary N) is 1. The molecule has 0 fully saturated rings. The van der Waals surface area contributed by atoms with Gasteiger partial charge in [-0.15, -0.1) is 0 Å². The topological polar surface area (TPSA) is 49.9 Å². The average molecular weight is 213 g/mol. The van der Waals surface area contributed by atoms with E-state index in [9.17, 15) is 4.79 Å². The smallest absolute Gasteiger partial charge is 0.283 e. The second-order valence-corrected chi connectivity index (χ2v) is 3.54. The minimum absolute atomic E-state index is 0.395. The first-order chi connectivity index (χ1) is 7.83. The molecule has 1 N–H and O–H groups in total. The van der Waals surface area contributed by atoms with Crippen LogP contribution in [0.15, 0.2) is 58.0 Å². The van der Waals surface area contributed by atoms with Crippen LogP contribution in [-0.4, -0.2) is 5.27 Å². The molecule has 3 aromatic rings. The van der Waals surface area contributed by atoms with Crippen LogP contribution in [0.4, 0.5) is 0 Å². The van der Waals surface area contributed by atoms with Gasteiger partial charge >= 0.3 is 5.63 Å². The Morgan fingerprint density at radius 3 is 2.62 bits per heavy atom. The van der Waals surface area contributed by atoms with Crippen LogP contribution in [0.2, 0.25) is 0 Å². The molecule has 0 saturated heterocycles. The third-order valence-electron chi connectivity index (χ3n) is 2.49. The molecule has 0 aliphatic carbocycles. The van der Waals surface area contributed by atoms with Crippen LogP contribution in [-0.2, 0) is 0 Å². The second kappa shape index (κ2) is 3.34. The van der Waals surface area contributed by atoms with E-state index in [4.69, 9.17) is 0 Å². The Kier molecular flexibility index (Phi) is 1.86. The molecule has 1 heterocycles. The molecule has 0 aliphatic rings. The quantitative estimate of drug-likeness (QED) is 0.621. The fourth-order valence-electron chi connectivity index (χ4n) is 1.71. The van der Waals surface area contributed by atoms with E-state index in [1.807, 2.05) is 42.5 Å². The van der Waals surface area contributed by atoms with Crippen molar-refractivity contribution in [3.8, 4) is 5.69 Å². The molecular weight excluding hydrogens is 204 g/mol. The molecule has 0 bridgehead atoms. The zero-order chi connectivity index (χ0) is 11.0. The monoisotopic (exact) mass is 213 g/mol. The first-order valence-corrected chi connectivity index (χ1v) is 4.92. The lowest BCUT2D eigenvalue weighted by Crippen LogP contribution is -2.31. The van der Waals surface area contributed by atoms with Crippen molar-refractivity contribution in [3.63, 3.8) is 0 Å². The fourth-order valence-corrected chi connectivity index (χ4v) is 1.71. The number of hydrogen-bond donors (Lipinski definition) is 1. The van der Waals surface area contributed by atoms with Gasteiger partial charge in [-0.25, -0.2) is 4.79 Å². The summed E-state index contributed by atoms with van der Waals surface area (Å²) in [5.41, 5.74) is 0.470. The minimum atomic E-state index is -0.395. The van der Waals surface area contributed by atoms with Crippen LogP contribution in [0.3, 0.4) is 0 Å². The summed E-state index contributed by atoms with van der Waals surface area (Å²) in [5.74, 6) is 0. The Morgan fingerprint density at radius 2 is 1.88 bits per heavy atom. The second-order valence-electron chi connectivity index (χ2n) is 3.54. The lowest BCUT2D eigenvalue weighted by molar-refractivity contribution is -0.670. The molecule has 0 aliphatic heterocycles. The predicted octanol–water partition coefficient (Wildman–Crippen LogP) is 1.40. The number of benzene rings is 2. The molecular formula is C12H9N2O2+. The molecule has 0 atom stereocenters. The number of nitrogens with zero attached hydrogens (tertiary/aromatic N) is 1. The maximum Gasteiger partial charge on any atom is 0.427 e. The molecule has 16 heavy (non-hydrogen) atoms. The standard InChI is InChI=1S/C12H8N2O2/c15-12-8-14(13-16-12)11-6-5-9-3-1-2-4-10(9)7-11/h1-8H/p+1. The highest BCUT2D eigenvalue weighted by atomic mass is 16.5. The normalized spacial score (nSPS) is 10.8. The van der Waals surface area contributed by atoms with Gasteiger partial charge < -0.3 is 0 Å². The maximum atomic E-state index is 10.9. The largest absolute Gasteiger partial charge is 0.427 e. The van der Waals surface area contributed by atoms with Crippen molar-refractivity contribution in [1.29, 1.82) is 0 Å². The molecule has 0 amide bonds. The number of hydrogen-bond acceptors (Lipinski definition) is 2. The van der Waals surface area contributed by atoms with E-state index >= 15 is 0 Å². The lowest BCUT2D eigenvalue weighted by atomic mass is 10.1. The summed E-state index contributed by atoms with van der Waals surface area (Å²) in [6, 6.07) is 14.0. The van der Waals surface area contributed by atoms with E-state index in [0.29, 0.717) is 0 Å². The molecule has 0 saturated carbocycles. The molecule has 4 heteroatoms. The summed E-state index contributed by atoms with van der Waals surface area (Å²) >= 11 is 0. The summed E-state index contributed by atoms with van der Waals surface area (Å²) < 4.78 is 6.16. The highest BCUT2D eigenvalue weighted by Gasteiger charge is 2.10. The van der Waals surface area contributed by atoms with Gasteiger partial charge in [-0.3, -0.25) is 4.52 Å². The van der Waals surface area contributed by atoms with Crippen LogP contribution in [0.5, 0.6) is 0 Å². The Labute approximate surface area is 90.7 Å². The van der Waals surface area contributed by atoms with Crippen molar-refractivity contribution in [1.82, 2.24) is 5.27 Å². The lowest BCUT2D eigenvalue weighted by Gasteiger charge is -1.95. The van der Waals surface area contributed by atoms with Gasteiger partial charge in [0.25, 0.3) is 6.20 Å². The molecule has 1 aromatic heterocycles. The van der Waals surface area contributed by atoms with Gasteiger partial charge in [-0.1, -0.05) is 24.3 Å². The number of aromatic amines is 1. The predicted molar refractivity (Wildman–Crippen MR) is 58.4 cm³/mol. The van der Waals surface area contributed by atoms with Gasteiger partial charge in [0.15, 0.2) is 0 Å². The third-order valence-corrected chi connectivity index (χ3v) is 2.49. The first kappa shape index (κ1) is 8.91. The van der Waals surface area contributed by atoms with Crippen molar-refractivity contribution in [3.05, 3.63) is 59.1 Å². The zero-order valence-corrected chi connectivity index (χ0v) is 8.38. The van der Waals surface area contributed by atoms with Crippen LogP contribution >= 0.6 is 0 Å². The molecule has 0 unspecified atom stereocenters. The molecule has 4 nitrogen and oxygen atoms in total. The van der Waals surface area contributed by atoms with Crippen molar-refractivity contribution >= 4 is 10.8 Å². The van der Waals surface area contributed by atoms with Crippen LogP contribution in [0.1, 0.15) is 0 Å². The Balaban J connectivity index is 2.22. The Bertz CT molecular complexity index is 697. The number of fused-ring (bicyclic) bond motifs is 1. The van der Waals surface area contributed by atoms with E-state index in [0.717, 1.165) is 16.5 Å². The molecule has 3 rings (SSSR count). The van der Waals surface area contributed by atoms with Crippen LogP contribution < -0.4 is 10.3 Å². The van der Waals surface area contributed by atoms with Crippen molar-refractivity contribution in [2.24, 2.45) is 0 Å². The van der Waals surface area contributed by atoms with Gasteiger partial charge in [0.05, 0.1) is 0 Å². The number of rotatable bonds is 1. The summed E-state index contributed by atoms with van der Waals surface area (Å²) in [4.78, 5) is 10.9. The minimum Gasteiger partial charge on any atom is -0.283 e. The molecule has 2 aromatic carbocycles. The van der Waals surface area contributed by atoms with Crippen molar-refractivity contribution < 1.29 is 9.20 Å². The SMILES string of the molecule is O=c1c[n+](-c2ccc3ccccc3c2)[nH]o1. The summed E-state index contributed by atoms with van der Waals surface area (Å²) in [5, 5.41) is 4.80.